The maximum atomic E-state index is 11.6. The van der Waals surface area contributed by atoms with E-state index in [1.54, 1.807) is 0 Å². The van der Waals surface area contributed by atoms with E-state index >= 15 is 0 Å². The van der Waals surface area contributed by atoms with Crippen LogP contribution in [0.2, 0.25) is 0 Å². The van der Waals surface area contributed by atoms with Crippen molar-refractivity contribution < 1.29 is 4.79 Å². The molecule has 0 spiro atoms. The van der Waals surface area contributed by atoms with Gasteiger partial charge in [-0.15, -0.1) is 0 Å². The average Bonchev–Trinajstić information content (AvgIpc) is 2.17. The van der Waals surface area contributed by atoms with E-state index in [1.165, 1.54) is 19.3 Å². The Balaban J connectivity index is 2.10. The zero-order chi connectivity index (χ0) is 12.0. The van der Waals surface area contributed by atoms with Crippen LogP contribution in [-0.4, -0.2) is 18.6 Å². The summed E-state index contributed by atoms with van der Waals surface area (Å²) < 4.78 is 0. The van der Waals surface area contributed by atoms with Gasteiger partial charge in [0.1, 0.15) is 0 Å². The fourth-order valence-electron chi connectivity index (χ4n) is 2.03. The van der Waals surface area contributed by atoms with Crippen molar-refractivity contribution in [2.24, 2.45) is 5.41 Å². The van der Waals surface area contributed by atoms with Gasteiger partial charge < -0.3 is 10.6 Å². The molecule has 0 radical (unpaired) electrons. The van der Waals surface area contributed by atoms with E-state index in [0.29, 0.717) is 6.04 Å². The number of amides is 2. The van der Waals surface area contributed by atoms with Gasteiger partial charge in [0, 0.05) is 12.6 Å². The molecule has 16 heavy (non-hydrogen) atoms. The van der Waals surface area contributed by atoms with Crippen molar-refractivity contribution in [3.63, 3.8) is 0 Å². The molecule has 0 aromatic carbocycles. The first kappa shape index (κ1) is 13.3. The molecule has 2 amide bonds. The maximum Gasteiger partial charge on any atom is 0.315 e. The first-order chi connectivity index (χ1) is 7.47. The molecule has 1 aliphatic rings. The van der Waals surface area contributed by atoms with Gasteiger partial charge in [-0.2, -0.15) is 0 Å². The molecule has 2 N–H and O–H groups in total. The summed E-state index contributed by atoms with van der Waals surface area (Å²) in [6.07, 6.45) is 7.15. The number of nitrogens with one attached hydrogen (secondary N) is 2. The molecule has 3 heteroatoms. The third-order valence-corrected chi connectivity index (χ3v) is 3.10. The summed E-state index contributed by atoms with van der Waals surface area (Å²) in [5, 5.41) is 5.99. The lowest BCUT2D eigenvalue weighted by molar-refractivity contribution is 0.230. The molecule has 1 rings (SSSR count). The fourth-order valence-corrected chi connectivity index (χ4v) is 2.03. The van der Waals surface area contributed by atoms with Crippen LogP contribution in [0.5, 0.6) is 0 Å². The van der Waals surface area contributed by atoms with Crippen molar-refractivity contribution in [3.8, 4) is 0 Å². The van der Waals surface area contributed by atoms with Gasteiger partial charge in [0.25, 0.3) is 0 Å². The zero-order valence-corrected chi connectivity index (χ0v) is 10.9. The Morgan fingerprint density at radius 2 is 1.81 bits per heavy atom. The molecule has 0 atom stereocenters. The van der Waals surface area contributed by atoms with Crippen LogP contribution in [-0.2, 0) is 0 Å². The fraction of sp³-hybridized carbons (Fsp3) is 0.923. The molecule has 0 aromatic heterocycles. The zero-order valence-electron chi connectivity index (χ0n) is 10.9. The van der Waals surface area contributed by atoms with E-state index < -0.39 is 0 Å². The summed E-state index contributed by atoms with van der Waals surface area (Å²) in [5.74, 6) is 0. The van der Waals surface area contributed by atoms with Crippen molar-refractivity contribution in [1.29, 1.82) is 0 Å². The second-order valence-corrected chi connectivity index (χ2v) is 6.05. The van der Waals surface area contributed by atoms with Crippen LogP contribution in [0.1, 0.15) is 59.3 Å². The van der Waals surface area contributed by atoms with Crippen LogP contribution in [0.15, 0.2) is 0 Å². The second-order valence-electron chi connectivity index (χ2n) is 6.05. The van der Waals surface area contributed by atoms with E-state index in [0.717, 1.165) is 25.8 Å². The highest BCUT2D eigenvalue weighted by molar-refractivity contribution is 5.74. The number of hydrogen-bond donors (Lipinski definition) is 2. The molecule has 0 saturated heterocycles. The lowest BCUT2D eigenvalue weighted by Gasteiger charge is -2.23. The van der Waals surface area contributed by atoms with E-state index in [9.17, 15) is 4.79 Å². The Bertz CT molecular complexity index is 214. The van der Waals surface area contributed by atoms with E-state index in [2.05, 4.69) is 31.4 Å². The number of carbonyl (C=O) groups is 1. The summed E-state index contributed by atoms with van der Waals surface area (Å²) in [6, 6.07) is 0.416. The molecule has 0 unspecified atom stereocenters. The molecular formula is C13H26N2O. The molecule has 0 bridgehead atoms. The molecule has 1 fully saturated rings. The highest BCUT2D eigenvalue weighted by Gasteiger charge is 2.16. The van der Waals surface area contributed by atoms with Gasteiger partial charge in [0.15, 0.2) is 0 Å². The number of rotatable bonds is 3. The molecular weight excluding hydrogens is 200 g/mol. The van der Waals surface area contributed by atoms with Crippen LogP contribution in [0.25, 0.3) is 0 Å². The minimum absolute atomic E-state index is 0.0103. The monoisotopic (exact) mass is 226 g/mol. The third-order valence-electron chi connectivity index (χ3n) is 3.10. The lowest BCUT2D eigenvalue weighted by atomic mass is 9.92. The minimum atomic E-state index is 0.0103. The largest absolute Gasteiger partial charge is 0.338 e. The quantitative estimate of drug-likeness (QED) is 0.763. The summed E-state index contributed by atoms with van der Waals surface area (Å²) in [5.41, 5.74) is 0.290. The maximum absolute atomic E-state index is 11.6. The van der Waals surface area contributed by atoms with E-state index in [-0.39, 0.29) is 11.4 Å². The lowest BCUT2D eigenvalue weighted by Crippen LogP contribution is -2.43. The number of urea groups is 1. The molecule has 3 nitrogen and oxygen atoms in total. The molecule has 94 valence electrons. The smallest absolute Gasteiger partial charge is 0.315 e. The van der Waals surface area contributed by atoms with E-state index in [4.69, 9.17) is 0 Å². The van der Waals surface area contributed by atoms with Crippen molar-refractivity contribution in [1.82, 2.24) is 10.6 Å². The standard InChI is InChI=1S/C13H26N2O/c1-13(2,3)9-10-14-12(16)15-11-7-5-4-6-8-11/h11H,4-10H2,1-3H3,(H2,14,15,16). The molecule has 1 aliphatic carbocycles. The molecule has 0 heterocycles. The predicted molar refractivity (Wildman–Crippen MR) is 67.5 cm³/mol. The minimum Gasteiger partial charge on any atom is -0.338 e. The average molecular weight is 226 g/mol. The van der Waals surface area contributed by atoms with Gasteiger partial charge in [-0.05, 0) is 24.7 Å². The highest BCUT2D eigenvalue weighted by atomic mass is 16.2. The third kappa shape index (κ3) is 5.99. The van der Waals surface area contributed by atoms with Crippen molar-refractivity contribution in [2.75, 3.05) is 6.54 Å². The van der Waals surface area contributed by atoms with Crippen LogP contribution < -0.4 is 10.6 Å². The van der Waals surface area contributed by atoms with Gasteiger partial charge in [-0.1, -0.05) is 40.0 Å². The van der Waals surface area contributed by atoms with Gasteiger partial charge in [-0.25, -0.2) is 4.79 Å². The van der Waals surface area contributed by atoms with Crippen LogP contribution in [0.3, 0.4) is 0 Å². The van der Waals surface area contributed by atoms with Gasteiger partial charge in [0.05, 0.1) is 0 Å². The molecule has 0 aliphatic heterocycles. The molecule has 1 saturated carbocycles. The molecule has 0 aromatic rings. The summed E-state index contributed by atoms with van der Waals surface area (Å²) in [4.78, 5) is 11.6. The summed E-state index contributed by atoms with van der Waals surface area (Å²) >= 11 is 0. The SMILES string of the molecule is CC(C)(C)CCNC(=O)NC1CCCCC1. The van der Waals surface area contributed by atoms with Crippen LogP contribution in [0.4, 0.5) is 4.79 Å². The normalized spacial score (nSPS) is 18.2. The Kier molecular flexibility index (Phi) is 5.10. The number of carbonyl (C=O) groups excluding carboxylic acids is 1. The Labute approximate surface area is 99.4 Å². The Hall–Kier alpha value is -0.730. The predicted octanol–water partition coefficient (Wildman–Crippen LogP) is 3.05. The Morgan fingerprint density at radius 3 is 2.38 bits per heavy atom. The Morgan fingerprint density at radius 1 is 1.19 bits per heavy atom. The van der Waals surface area contributed by atoms with Crippen molar-refractivity contribution in [2.45, 2.75) is 65.3 Å². The van der Waals surface area contributed by atoms with Gasteiger partial charge in [0.2, 0.25) is 0 Å². The topological polar surface area (TPSA) is 41.1 Å². The summed E-state index contributed by atoms with van der Waals surface area (Å²) in [6.45, 7) is 7.33. The summed E-state index contributed by atoms with van der Waals surface area (Å²) in [7, 11) is 0. The van der Waals surface area contributed by atoms with Crippen LogP contribution >= 0.6 is 0 Å². The second kappa shape index (κ2) is 6.12. The van der Waals surface area contributed by atoms with Gasteiger partial charge >= 0.3 is 6.03 Å². The first-order valence-corrected chi connectivity index (χ1v) is 6.52. The first-order valence-electron chi connectivity index (χ1n) is 6.52. The van der Waals surface area contributed by atoms with Crippen molar-refractivity contribution in [3.05, 3.63) is 0 Å². The van der Waals surface area contributed by atoms with Gasteiger partial charge in [-0.3, -0.25) is 0 Å². The number of hydrogen-bond acceptors (Lipinski definition) is 1. The van der Waals surface area contributed by atoms with E-state index in [1.807, 2.05) is 0 Å². The van der Waals surface area contributed by atoms with Crippen molar-refractivity contribution >= 4 is 6.03 Å². The van der Waals surface area contributed by atoms with Crippen LogP contribution in [0, 0.1) is 5.41 Å². The highest BCUT2D eigenvalue weighted by Crippen LogP contribution is 2.18.